The van der Waals surface area contributed by atoms with E-state index in [1.807, 2.05) is 12.1 Å². The number of hydrogen-bond donors (Lipinski definition) is 0. The maximum absolute atomic E-state index is 14.0. The maximum atomic E-state index is 14.0. The largest absolute Gasteiger partial charge is 0.491 e. The molecular formula is C14H13BrF2O. The van der Waals surface area contributed by atoms with E-state index in [9.17, 15) is 8.78 Å². The van der Waals surface area contributed by atoms with Crippen LogP contribution in [0.15, 0.2) is 52.2 Å². The molecule has 1 aromatic carbocycles. The Morgan fingerprint density at radius 1 is 1.28 bits per heavy atom. The summed E-state index contributed by atoms with van der Waals surface area (Å²) < 4.78 is 33.7. The van der Waals surface area contributed by atoms with Gasteiger partial charge in [-0.1, -0.05) is 28.1 Å². The zero-order valence-electron chi connectivity index (χ0n) is 9.92. The van der Waals surface area contributed by atoms with Crippen molar-refractivity contribution < 1.29 is 13.5 Å². The molecule has 1 aliphatic carbocycles. The number of halogens is 3. The van der Waals surface area contributed by atoms with Crippen LogP contribution in [0.2, 0.25) is 0 Å². The first-order chi connectivity index (χ1) is 8.63. The summed E-state index contributed by atoms with van der Waals surface area (Å²) >= 11 is 3.31. The van der Waals surface area contributed by atoms with Crippen molar-refractivity contribution >= 4 is 15.9 Å². The highest BCUT2D eigenvalue weighted by molar-refractivity contribution is 9.10. The molecule has 1 aliphatic rings. The molecule has 0 bridgehead atoms. The van der Waals surface area contributed by atoms with Gasteiger partial charge in [0.15, 0.2) is 11.6 Å². The highest BCUT2D eigenvalue weighted by atomic mass is 79.9. The van der Waals surface area contributed by atoms with Crippen molar-refractivity contribution in [2.75, 3.05) is 6.61 Å². The molecule has 1 unspecified atom stereocenters. The van der Waals surface area contributed by atoms with Crippen LogP contribution < -0.4 is 0 Å². The second-order valence-corrected chi connectivity index (χ2v) is 4.92. The maximum Gasteiger partial charge on any atom is 0.196 e. The van der Waals surface area contributed by atoms with Crippen molar-refractivity contribution in [3.8, 4) is 0 Å². The van der Waals surface area contributed by atoms with E-state index in [1.165, 1.54) is 0 Å². The van der Waals surface area contributed by atoms with Gasteiger partial charge in [-0.2, -0.15) is 4.39 Å². The van der Waals surface area contributed by atoms with Crippen molar-refractivity contribution in [2.45, 2.75) is 19.3 Å². The lowest BCUT2D eigenvalue weighted by Gasteiger charge is -2.20. The lowest BCUT2D eigenvalue weighted by molar-refractivity contribution is 0.215. The number of ether oxygens (including phenoxy) is 1. The summed E-state index contributed by atoms with van der Waals surface area (Å²) in [6, 6.07) is 7.23. The molecule has 0 saturated carbocycles. The van der Waals surface area contributed by atoms with E-state index in [4.69, 9.17) is 4.74 Å². The van der Waals surface area contributed by atoms with Crippen molar-refractivity contribution in [1.82, 2.24) is 0 Å². The second-order valence-electron chi connectivity index (χ2n) is 4.00. The molecule has 0 fully saturated rings. The normalized spacial score (nSPS) is 19.8. The summed E-state index contributed by atoms with van der Waals surface area (Å²) in [5.74, 6) is -2.16. The van der Waals surface area contributed by atoms with Crippen LogP contribution in [0.3, 0.4) is 0 Å². The lowest BCUT2D eigenvalue weighted by atomic mass is 9.90. The summed E-state index contributed by atoms with van der Waals surface area (Å²) in [4.78, 5) is 0. The Bertz CT molecular complexity index is 491. The SMILES string of the molecule is CCOC1=CCC(c2ccc(Br)cc2)C(F)=C1F. The molecule has 0 aromatic heterocycles. The third kappa shape index (κ3) is 2.64. The first-order valence-electron chi connectivity index (χ1n) is 5.77. The van der Waals surface area contributed by atoms with Gasteiger partial charge in [-0.15, -0.1) is 0 Å². The molecule has 1 atom stereocenters. The molecule has 0 heterocycles. The van der Waals surface area contributed by atoms with Crippen LogP contribution in [0, 0.1) is 0 Å². The fraction of sp³-hybridized carbons (Fsp3) is 0.286. The van der Waals surface area contributed by atoms with Crippen LogP contribution in [0.5, 0.6) is 0 Å². The fourth-order valence-corrected chi connectivity index (χ4v) is 2.21. The van der Waals surface area contributed by atoms with Gasteiger partial charge < -0.3 is 4.74 Å². The average molecular weight is 315 g/mol. The Kier molecular flexibility index (Phi) is 4.17. The minimum absolute atomic E-state index is 0.0170. The van der Waals surface area contributed by atoms with Crippen molar-refractivity contribution in [1.29, 1.82) is 0 Å². The van der Waals surface area contributed by atoms with Crippen molar-refractivity contribution in [3.63, 3.8) is 0 Å². The van der Waals surface area contributed by atoms with E-state index in [0.717, 1.165) is 10.0 Å². The molecule has 0 spiro atoms. The van der Waals surface area contributed by atoms with Crippen LogP contribution in [-0.2, 0) is 4.74 Å². The highest BCUT2D eigenvalue weighted by Gasteiger charge is 2.27. The van der Waals surface area contributed by atoms with E-state index >= 15 is 0 Å². The smallest absolute Gasteiger partial charge is 0.196 e. The molecule has 0 N–H and O–H groups in total. The zero-order valence-corrected chi connectivity index (χ0v) is 11.5. The van der Waals surface area contributed by atoms with Crippen LogP contribution in [0.1, 0.15) is 24.8 Å². The van der Waals surface area contributed by atoms with E-state index in [2.05, 4.69) is 15.9 Å². The molecule has 0 radical (unpaired) electrons. The Hall–Kier alpha value is -1.16. The van der Waals surface area contributed by atoms with Crippen molar-refractivity contribution in [2.24, 2.45) is 0 Å². The van der Waals surface area contributed by atoms with Gasteiger partial charge >= 0.3 is 0 Å². The number of rotatable bonds is 3. The van der Waals surface area contributed by atoms with Gasteiger partial charge in [0.05, 0.1) is 6.61 Å². The molecule has 1 nitrogen and oxygen atoms in total. The number of allylic oxidation sites excluding steroid dienone is 3. The van der Waals surface area contributed by atoms with Gasteiger partial charge in [0, 0.05) is 10.4 Å². The molecule has 0 amide bonds. The molecule has 18 heavy (non-hydrogen) atoms. The van der Waals surface area contributed by atoms with Crippen LogP contribution >= 0.6 is 15.9 Å². The molecule has 1 aromatic rings. The number of hydrogen-bond acceptors (Lipinski definition) is 1. The highest BCUT2D eigenvalue weighted by Crippen LogP contribution is 2.39. The molecule has 0 saturated heterocycles. The number of benzene rings is 1. The Balaban J connectivity index is 2.26. The first-order valence-corrected chi connectivity index (χ1v) is 6.56. The van der Waals surface area contributed by atoms with E-state index in [1.54, 1.807) is 25.1 Å². The standard InChI is InChI=1S/C14H13BrF2O/c1-2-18-12-8-7-11(13(16)14(12)17)9-3-5-10(15)6-4-9/h3-6,8,11H,2,7H2,1H3. The Morgan fingerprint density at radius 3 is 2.56 bits per heavy atom. The topological polar surface area (TPSA) is 9.23 Å². The minimum Gasteiger partial charge on any atom is -0.491 e. The molecule has 96 valence electrons. The minimum atomic E-state index is -0.879. The average Bonchev–Trinajstić information content (AvgIpc) is 2.37. The fourth-order valence-electron chi connectivity index (χ4n) is 1.94. The van der Waals surface area contributed by atoms with Gasteiger partial charge in [-0.25, -0.2) is 4.39 Å². The van der Waals surface area contributed by atoms with Crippen molar-refractivity contribution in [3.05, 3.63) is 57.8 Å². The Morgan fingerprint density at radius 2 is 1.94 bits per heavy atom. The van der Waals surface area contributed by atoms with Gasteiger partial charge in [-0.3, -0.25) is 0 Å². The summed E-state index contributed by atoms with van der Waals surface area (Å²) in [5, 5.41) is 0. The predicted octanol–water partition coefficient (Wildman–Crippen LogP) is 5.01. The van der Waals surface area contributed by atoms with E-state index in [0.29, 0.717) is 13.0 Å². The molecule has 4 heteroatoms. The first kappa shape index (κ1) is 13.3. The van der Waals surface area contributed by atoms with Gasteiger partial charge in [0.1, 0.15) is 5.83 Å². The van der Waals surface area contributed by atoms with Gasteiger partial charge in [0.25, 0.3) is 0 Å². The third-order valence-electron chi connectivity index (χ3n) is 2.84. The summed E-state index contributed by atoms with van der Waals surface area (Å²) in [7, 11) is 0. The van der Waals surface area contributed by atoms with E-state index in [-0.39, 0.29) is 5.76 Å². The second kappa shape index (κ2) is 5.65. The molecule has 2 rings (SSSR count). The summed E-state index contributed by atoms with van der Waals surface area (Å²) in [6.45, 7) is 2.07. The summed E-state index contributed by atoms with van der Waals surface area (Å²) in [5.41, 5.74) is 0.762. The quantitative estimate of drug-likeness (QED) is 0.762. The lowest BCUT2D eigenvalue weighted by Crippen LogP contribution is -2.08. The summed E-state index contributed by atoms with van der Waals surface area (Å²) in [6.07, 6.45) is 2.02. The van der Waals surface area contributed by atoms with Gasteiger partial charge in [0.2, 0.25) is 0 Å². The van der Waals surface area contributed by atoms with E-state index < -0.39 is 17.6 Å². The van der Waals surface area contributed by atoms with Crippen LogP contribution in [0.4, 0.5) is 8.78 Å². The Labute approximate surface area is 113 Å². The van der Waals surface area contributed by atoms with Crippen LogP contribution in [0.25, 0.3) is 0 Å². The third-order valence-corrected chi connectivity index (χ3v) is 3.37. The zero-order chi connectivity index (χ0) is 13.1. The van der Waals surface area contributed by atoms with Crippen LogP contribution in [-0.4, -0.2) is 6.61 Å². The monoisotopic (exact) mass is 314 g/mol. The molecule has 0 aliphatic heterocycles. The predicted molar refractivity (Wildman–Crippen MR) is 70.5 cm³/mol. The van der Waals surface area contributed by atoms with Gasteiger partial charge in [-0.05, 0) is 37.1 Å². The molecular weight excluding hydrogens is 302 g/mol.